The number of nitrogens with zero attached hydrogens (tertiary/aromatic N) is 2. The lowest BCUT2D eigenvalue weighted by Gasteiger charge is -2.27. The predicted molar refractivity (Wildman–Crippen MR) is 126 cm³/mol. The normalized spacial score (nSPS) is 10.6. The molecule has 0 unspecified atom stereocenters. The van der Waals surface area contributed by atoms with E-state index >= 15 is 0 Å². The van der Waals surface area contributed by atoms with Gasteiger partial charge in [-0.05, 0) is 50.1 Å². The van der Waals surface area contributed by atoms with Gasteiger partial charge in [-0.1, -0.05) is 54.1 Å². The molecular weight excluding hydrogens is 400 g/mol. The van der Waals surface area contributed by atoms with Crippen LogP contribution in [0, 0.1) is 13.8 Å². The topological polar surface area (TPSA) is 53.8 Å². The Morgan fingerprint density at radius 1 is 0.938 bits per heavy atom. The Morgan fingerprint density at radius 3 is 2.28 bits per heavy atom. The highest BCUT2D eigenvalue weighted by atomic mass is 16.3. The molecule has 0 aliphatic carbocycles. The van der Waals surface area contributed by atoms with Crippen LogP contribution in [-0.4, -0.2) is 41.2 Å². The lowest BCUT2D eigenvalue weighted by atomic mass is 10.1. The molecule has 2 aromatic carbocycles. The van der Waals surface area contributed by atoms with Crippen LogP contribution in [-0.2, 0) is 17.8 Å². The number of carbonyl (C=O) groups is 2. The second-order valence-electron chi connectivity index (χ2n) is 7.90. The molecule has 2 amide bonds. The highest BCUT2D eigenvalue weighted by molar-refractivity contribution is 5.96. The Kier molecular flexibility index (Phi) is 8.03. The Morgan fingerprint density at radius 2 is 1.66 bits per heavy atom. The third-order valence-corrected chi connectivity index (χ3v) is 5.27. The number of furan rings is 1. The molecule has 0 aliphatic rings. The molecule has 0 bridgehead atoms. The van der Waals surface area contributed by atoms with E-state index in [9.17, 15) is 9.59 Å². The van der Waals surface area contributed by atoms with Crippen LogP contribution in [0.15, 0.2) is 83.8 Å². The largest absolute Gasteiger partial charge is 0.464 e. The number of hydrogen-bond donors (Lipinski definition) is 0. The summed E-state index contributed by atoms with van der Waals surface area (Å²) >= 11 is 0. The summed E-state index contributed by atoms with van der Waals surface area (Å²) in [5.41, 5.74) is 2.79. The molecule has 5 nitrogen and oxygen atoms in total. The van der Waals surface area contributed by atoms with Crippen LogP contribution < -0.4 is 0 Å². The molecule has 32 heavy (non-hydrogen) atoms. The molecule has 3 rings (SSSR count). The maximum absolute atomic E-state index is 13.3. The zero-order valence-electron chi connectivity index (χ0n) is 18.8. The van der Waals surface area contributed by atoms with Crippen LogP contribution in [0.2, 0.25) is 0 Å². The average molecular weight is 431 g/mol. The summed E-state index contributed by atoms with van der Waals surface area (Å²) in [4.78, 5) is 29.6. The Hall–Kier alpha value is -3.60. The van der Waals surface area contributed by atoms with Gasteiger partial charge in [-0.2, -0.15) is 0 Å². The first-order valence-electron chi connectivity index (χ1n) is 10.8. The molecule has 5 heteroatoms. The van der Waals surface area contributed by atoms with Crippen LogP contribution in [0.5, 0.6) is 0 Å². The molecule has 0 spiro atoms. The fraction of sp³-hybridized carbons (Fsp3) is 0.259. The summed E-state index contributed by atoms with van der Waals surface area (Å²) in [5, 5.41) is 0. The summed E-state index contributed by atoms with van der Waals surface area (Å²) in [7, 11) is 0. The van der Waals surface area contributed by atoms with Crippen molar-refractivity contribution in [3.8, 4) is 0 Å². The van der Waals surface area contributed by atoms with Crippen molar-refractivity contribution < 1.29 is 14.0 Å². The van der Waals surface area contributed by atoms with Gasteiger partial charge in [-0.3, -0.25) is 9.59 Å². The van der Waals surface area contributed by atoms with E-state index < -0.39 is 0 Å². The van der Waals surface area contributed by atoms with Gasteiger partial charge in [0.15, 0.2) is 0 Å². The zero-order valence-corrected chi connectivity index (χ0v) is 18.8. The minimum Gasteiger partial charge on any atom is -0.464 e. The lowest BCUT2D eigenvalue weighted by Crippen LogP contribution is -2.43. The molecule has 0 fully saturated rings. The number of aryl methyl sites for hydroxylation is 2. The minimum atomic E-state index is -0.185. The van der Waals surface area contributed by atoms with Crippen molar-refractivity contribution in [2.75, 3.05) is 19.6 Å². The van der Waals surface area contributed by atoms with Crippen molar-refractivity contribution in [2.45, 2.75) is 26.8 Å². The van der Waals surface area contributed by atoms with Crippen molar-refractivity contribution in [2.24, 2.45) is 0 Å². The van der Waals surface area contributed by atoms with Crippen LogP contribution in [0.4, 0.5) is 0 Å². The van der Waals surface area contributed by atoms with Gasteiger partial charge in [0.1, 0.15) is 18.1 Å². The van der Waals surface area contributed by atoms with Crippen molar-refractivity contribution >= 4 is 11.8 Å². The fourth-order valence-electron chi connectivity index (χ4n) is 3.48. The molecule has 0 saturated heterocycles. The van der Waals surface area contributed by atoms with E-state index in [1.807, 2.05) is 68.4 Å². The maximum Gasteiger partial charge on any atom is 0.254 e. The standard InChI is InChI=1S/C27H30N2O3/c1-4-17-29(27(31)24-13-10-21(2)11-14-24)20-26(30)28(19-25-15-12-22(3)32-25)18-16-23-8-6-5-7-9-23/h4-15H,1,16-20H2,2-3H3. The van der Waals surface area contributed by atoms with E-state index in [1.165, 1.54) is 4.90 Å². The summed E-state index contributed by atoms with van der Waals surface area (Å²) in [6.07, 6.45) is 2.36. The summed E-state index contributed by atoms with van der Waals surface area (Å²) in [6.45, 7) is 8.78. The smallest absolute Gasteiger partial charge is 0.254 e. The third kappa shape index (κ3) is 6.45. The van der Waals surface area contributed by atoms with Crippen LogP contribution >= 0.6 is 0 Å². The van der Waals surface area contributed by atoms with Crippen molar-refractivity contribution in [3.63, 3.8) is 0 Å². The van der Waals surface area contributed by atoms with E-state index in [-0.39, 0.29) is 18.4 Å². The van der Waals surface area contributed by atoms with Crippen LogP contribution in [0.1, 0.15) is 33.0 Å². The average Bonchev–Trinajstić information content (AvgIpc) is 3.21. The van der Waals surface area contributed by atoms with Gasteiger partial charge in [-0.25, -0.2) is 0 Å². The molecule has 0 radical (unpaired) electrons. The minimum absolute atomic E-state index is 0.0206. The van der Waals surface area contributed by atoms with E-state index in [4.69, 9.17) is 4.42 Å². The van der Waals surface area contributed by atoms with Gasteiger partial charge < -0.3 is 14.2 Å². The van der Waals surface area contributed by atoms with Crippen molar-refractivity contribution in [1.29, 1.82) is 0 Å². The molecule has 166 valence electrons. The maximum atomic E-state index is 13.3. The van der Waals surface area contributed by atoms with Gasteiger partial charge in [0.05, 0.1) is 6.54 Å². The third-order valence-electron chi connectivity index (χ3n) is 5.27. The number of amides is 2. The Bertz CT molecular complexity index is 1040. The molecule has 0 saturated carbocycles. The molecule has 0 aliphatic heterocycles. The first kappa shape index (κ1) is 23.1. The molecule has 3 aromatic rings. The fourth-order valence-corrected chi connectivity index (χ4v) is 3.48. The zero-order chi connectivity index (χ0) is 22.9. The second kappa shape index (κ2) is 11.1. The molecular formula is C27H30N2O3. The first-order chi connectivity index (χ1) is 15.5. The van der Waals surface area contributed by atoms with Crippen molar-refractivity contribution in [3.05, 3.63) is 108 Å². The number of rotatable bonds is 10. The number of benzene rings is 2. The van der Waals surface area contributed by atoms with E-state index in [0.717, 1.165) is 29.1 Å². The quantitative estimate of drug-likeness (QED) is 0.434. The van der Waals surface area contributed by atoms with Gasteiger partial charge in [0.25, 0.3) is 5.91 Å². The summed E-state index contributed by atoms with van der Waals surface area (Å²) < 4.78 is 5.71. The Balaban J connectivity index is 1.75. The monoisotopic (exact) mass is 430 g/mol. The molecule has 1 heterocycles. The van der Waals surface area contributed by atoms with Crippen LogP contribution in [0.3, 0.4) is 0 Å². The van der Waals surface area contributed by atoms with Gasteiger partial charge in [0, 0.05) is 18.7 Å². The van der Waals surface area contributed by atoms with E-state index in [1.54, 1.807) is 23.1 Å². The van der Waals surface area contributed by atoms with Gasteiger partial charge in [-0.15, -0.1) is 6.58 Å². The number of carbonyl (C=O) groups excluding carboxylic acids is 2. The molecule has 0 N–H and O–H groups in total. The van der Waals surface area contributed by atoms with Crippen LogP contribution in [0.25, 0.3) is 0 Å². The Labute approximate surface area is 190 Å². The predicted octanol–water partition coefficient (Wildman–Crippen LogP) is 4.80. The second-order valence-corrected chi connectivity index (χ2v) is 7.90. The first-order valence-corrected chi connectivity index (χ1v) is 10.8. The SMILES string of the molecule is C=CCN(CC(=O)N(CCc1ccccc1)Cc1ccc(C)o1)C(=O)c1ccc(C)cc1. The van der Waals surface area contributed by atoms with Gasteiger partial charge in [0.2, 0.25) is 5.91 Å². The summed E-state index contributed by atoms with van der Waals surface area (Å²) in [6, 6.07) is 21.2. The lowest BCUT2D eigenvalue weighted by molar-refractivity contribution is -0.132. The van der Waals surface area contributed by atoms with E-state index in [0.29, 0.717) is 25.2 Å². The summed E-state index contributed by atoms with van der Waals surface area (Å²) in [5.74, 6) is 1.22. The highest BCUT2D eigenvalue weighted by Gasteiger charge is 2.22. The van der Waals surface area contributed by atoms with E-state index in [2.05, 4.69) is 6.58 Å². The highest BCUT2D eigenvalue weighted by Crippen LogP contribution is 2.13. The molecule has 0 atom stereocenters. The van der Waals surface area contributed by atoms with Crippen molar-refractivity contribution in [1.82, 2.24) is 9.80 Å². The molecule has 1 aromatic heterocycles. The van der Waals surface area contributed by atoms with Gasteiger partial charge >= 0.3 is 0 Å². The number of hydrogen-bond acceptors (Lipinski definition) is 3.